The number of benzene rings is 1. The third-order valence-corrected chi connectivity index (χ3v) is 7.82. The highest BCUT2D eigenvalue weighted by Crippen LogP contribution is 2.48. The second kappa shape index (κ2) is 7.75. The number of amides is 2. The second-order valence-corrected chi connectivity index (χ2v) is 11.7. The van der Waals surface area contributed by atoms with Gasteiger partial charge in [0.1, 0.15) is 5.60 Å². The molecule has 35 heavy (non-hydrogen) atoms. The lowest BCUT2D eigenvalue weighted by Crippen LogP contribution is -2.63. The van der Waals surface area contributed by atoms with E-state index < -0.39 is 17.2 Å². The van der Waals surface area contributed by atoms with Gasteiger partial charge in [-0.3, -0.25) is 4.79 Å². The minimum Gasteiger partial charge on any atom is -0.443 e. The number of fused-ring (bicyclic) bond motifs is 5. The molecule has 0 radical (unpaired) electrons. The van der Waals surface area contributed by atoms with Crippen molar-refractivity contribution in [2.75, 3.05) is 0 Å². The quantitative estimate of drug-likeness (QED) is 0.422. The van der Waals surface area contributed by atoms with Crippen molar-refractivity contribution in [2.24, 2.45) is 0 Å². The molecular formula is C27H27BrN4O3. The average Bonchev–Trinajstić information content (AvgIpc) is 3.16. The normalized spacial score (nSPS) is 17.9. The fraction of sp³-hybridized carbons (Fsp3) is 0.407. The summed E-state index contributed by atoms with van der Waals surface area (Å²) in [5, 5.41) is 0. The van der Waals surface area contributed by atoms with Crippen LogP contribution < -0.4 is 0 Å². The Hall–Kier alpha value is -3.00. The lowest BCUT2D eigenvalue weighted by Gasteiger charge is -2.51. The Morgan fingerprint density at radius 2 is 1.91 bits per heavy atom. The molecule has 0 bridgehead atoms. The number of carbonyl (C=O) groups excluding carboxylic acids is 2. The van der Waals surface area contributed by atoms with Crippen molar-refractivity contribution in [2.45, 2.75) is 70.4 Å². The monoisotopic (exact) mass is 534 g/mol. The predicted molar refractivity (Wildman–Crippen MR) is 135 cm³/mol. The number of aryl methyl sites for hydroxylation is 1. The molecule has 1 spiro atoms. The van der Waals surface area contributed by atoms with Crippen LogP contribution in [0, 0.1) is 0 Å². The van der Waals surface area contributed by atoms with Gasteiger partial charge in [-0.2, -0.15) is 0 Å². The highest BCUT2D eigenvalue weighted by atomic mass is 79.9. The molecule has 2 aliphatic carbocycles. The number of nitrogens with zero attached hydrogens (tertiary/aromatic N) is 3. The zero-order valence-corrected chi connectivity index (χ0v) is 21.7. The van der Waals surface area contributed by atoms with E-state index in [4.69, 9.17) is 9.72 Å². The first-order valence-electron chi connectivity index (χ1n) is 12.1. The van der Waals surface area contributed by atoms with Gasteiger partial charge in [-0.25, -0.2) is 19.7 Å². The summed E-state index contributed by atoms with van der Waals surface area (Å²) < 4.78 is 6.67. The summed E-state index contributed by atoms with van der Waals surface area (Å²) in [6, 6.07) is 7.91. The third kappa shape index (κ3) is 3.61. The van der Waals surface area contributed by atoms with Crippen molar-refractivity contribution in [1.82, 2.24) is 19.9 Å². The number of carbonyl (C=O) groups is 2. The lowest BCUT2D eigenvalue weighted by molar-refractivity contribution is -0.0214. The average molecular weight is 535 g/mol. The molecule has 7 nitrogen and oxygen atoms in total. The van der Waals surface area contributed by atoms with E-state index in [1.807, 2.05) is 51.2 Å². The van der Waals surface area contributed by atoms with Crippen LogP contribution in [-0.4, -0.2) is 43.0 Å². The molecule has 1 fully saturated rings. The van der Waals surface area contributed by atoms with Crippen molar-refractivity contribution >= 4 is 27.9 Å². The van der Waals surface area contributed by atoms with E-state index in [1.54, 1.807) is 0 Å². The van der Waals surface area contributed by atoms with Gasteiger partial charge in [-0.15, -0.1) is 0 Å². The van der Waals surface area contributed by atoms with Crippen LogP contribution in [-0.2, 0) is 24.0 Å². The maximum atomic E-state index is 13.9. The van der Waals surface area contributed by atoms with Crippen molar-refractivity contribution in [1.29, 1.82) is 0 Å². The Bertz CT molecular complexity index is 1370. The largest absolute Gasteiger partial charge is 0.443 e. The van der Waals surface area contributed by atoms with Gasteiger partial charge in [0.15, 0.2) is 5.82 Å². The number of nitrogens with one attached hydrogen (secondary N) is 1. The van der Waals surface area contributed by atoms with E-state index in [2.05, 4.69) is 25.9 Å². The van der Waals surface area contributed by atoms with Crippen LogP contribution in [0.25, 0.3) is 22.8 Å². The van der Waals surface area contributed by atoms with Crippen LogP contribution in [0.4, 0.5) is 4.79 Å². The highest BCUT2D eigenvalue weighted by molar-refractivity contribution is 9.10. The van der Waals surface area contributed by atoms with Crippen molar-refractivity contribution in [3.63, 3.8) is 0 Å². The molecule has 6 rings (SSSR count). The summed E-state index contributed by atoms with van der Waals surface area (Å²) in [6.07, 6.45) is 6.02. The third-order valence-electron chi connectivity index (χ3n) is 7.29. The predicted octanol–water partition coefficient (Wildman–Crippen LogP) is 5.86. The first-order valence-corrected chi connectivity index (χ1v) is 12.9. The van der Waals surface area contributed by atoms with Crippen LogP contribution in [0.5, 0.6) is 0 Å². The molecular weight excluding hydrogens is 508 g/mol. The van der Waals surface area contributed by atoms with Gasteiger partial charge in [0, 0.05) is 28.3 Å². The molecule has 180 valence electrons. The smallest absolute Gasteiger partial charge is 0.417 e. The lowest BCUT2D eigenvalue weighted by atomic mass is 9.69. The number of ether oxygens (including phenoxy) is 1. The number of rotatable bonds is 1. The standard InChI is InChI=1S/C27H27BrN4O3/c1-26(2,3)35-25(34)32-24(33)20-18-10-7-16-14-29-23(15-5-8-17(28)9-6-15)31-21(16)22(18)30-19(20)13-27(32)11-4-12-27/h5-6,8-9,14,30H,4,7,10-13H2,1-3H3. The first-order chi connectivity index (χ1) is 16.7. The summed E-state index contributed by atoms with van der Waals surface area (Å²) in [4.78, 5) is 41.6. The molecule has 2 amide bonds. The highest BCUT2D eigenvalue weighted by Gasteiger charge is 2.54. The van der Waals surface area contributed by atoms with Crippen molar-refractivity contribution in [3.05, 3.63) is 57.3 Å². The Balaban J connectivity index is 1.43. The number of aromatic nitrogens is 3. The number of hydrogen-bond acceptors (Lipinski definition) is 5. The van der Waals surface area contributed by atoms with E-state index in [0.29, 0.717) is 24.2 Å². The molecule has 3 aliphatic rings. The van der Waals surface area contributed by atoms with Gasteiger partial charge < -0.3 is 9.72 Å². The molecule has 0 unspecified atom stereocenters. The molecule has 1 N–H and O–H groups in total. The van der Waals surface area contributed by atoms with E-state index >= 15 is 0 Å². The van der Waals surface area contributed by atoms with Gasteiger partial charge in [0.25, 0.3) is 5.91 Å². The van der Waals surface area contributed by atoms with Gasteiger partial charge >= 0.3 is 6.09 Å². The van der Waals surface area contributed by atoms with Crippen LogP contribution >= 0.6 is 15.9 Å². The maximum absolute atomic E-state index is 13.9. The van der Waals surface area contributed by atoms with Gasteiger partial charge in [0.05, 0.1) is 22.5 Å². The van der Waals surface area contributed by atoms with Crippen LogP contribution in [0.3, 0.4) is 0 Å². The Labute approximate surface area is 212 Å². The summed E-state index contributed by atoms with van der Waals surface area (Å²) in [7, 11) is 0. The van der Waals surface area contributed by atoms with Gasteiger partial charge in [0.2, 0.25) is 0 Å². The summed E-state index contributed by atoms with van der Waals surface area (Å²) >= 11 is 3.47. The Kier molecular flexibility index (Phi) is 4.97. The molecule has 8 heteroatoms. The van der Waals surface area contributed by atoms with Crippen molar-refractivity contribution in [3.8, 4) is 22.8 Å². The van der Waals surface area contributed by atoms with E-state index in [0.717, 1.165) is 63.9 Å². The number of aromatic amines is 1. The fourth-order valence-corrected chi connectivity index (χ4v) is 5.81. The molecule has 2 aromatic heterocycles. The minimum absolute atomic E-state index is 0.247. The number of H-pyrrole nitrogens is 1. The Morgan fingerprint density at radius 1 is 1.17 bits per heavy atom. The topological polar surface area (TPSA) is 88.2 Å². The number of halogens is 1. The summed E-state index contributed by atoms with van der Waals surface area (Å²) in [5.74, 6) is 0.400. The molecule has 1 aromatic carbocycles. The van der Waals surface area contributed by atoms with Gasteiger partial charge in [-0.05, 0) is 76.1 Å². The molecule has 1 saturated carbocycles. The van der Waals surface area contributed by atoms with Crippen LogP contribution in [0.2, 0.25) is 0 Å². The minimum atomic E-state index is -0.667. The number of hydrogen-bond donors (Lipinski definition) is 1. The van der Waals surface area contributed by atoms with Gasteiger partial charge in [-0.1, -0.05) is 28.1 Å². The second-order valence-electron chi connectivity index (χ2n) is 10.8. The zero-order chi connectivity index (χ0) is 24.5. The molecule has 3 aromatic rings. The zero-order valence-electron chi connectivity index (χ0n) is 20.1. The van der Waals surface area contributed by atoms with Crippen molar-refractivity contribution < 1.29 is 14.3 Å². The van der Waals surface area contributed by atoms with Crippen LogP contribution in [0.1, 0.15) is 67.2 Å². The maximum Gasteiger partial charge on any atom is 0.417 e. The molecule has 3 heterocycles. The van der Waals surface area contributed by atoms with E-state index in [9.17, 15) is 9.59 Å². The SMILES string of the molecule is CC(C)(C)OC(=O)N1C(=O)c2c([nH]c3c2CCc2cnc(-c4ccc(Br)cc4)nc2-3)CC12CCC2. The fourth-order valence-electron chi connectivity index (χ4n) is 5.55. The number of imide groups is 1. The van der Waals surface area contributed by atoms with E-state index in [-0.39, 0.29) is 5.91 Å². The summed E-state index contributed by atoms with van der Waals surface area (Å²) in [5.41, 5.74) is 5.02. The van der Waals surface area contributed by atoms with Crippen LogP contribution in [0.15, 0.2) is 34.9 Å². The molecule has 1 aliphatic heterocycles. The first kappa shape index (κ1) is 22.5. The van der Waals surface area contributed by atoms with E-state index in [1.165, 1.54) is 4.90 Å². The molecule has 0 saturated heterocycles. The Morgan fingerprint density at radius 3 is 2.57 bits per heavy atom. The molecule has 0 atom stereocenters. The summed E-state index contributed by atoms with van der Waals surface area (Å²) in [6.45, 7) is 5.49.